The lowest BCUT2D eigenvalue weighted by atomic mass is 10.1. The number of ether oxygens (including phenoxy) is 1. The van der Waals surface area contributed by atoms with Gasteiger partial charge in [-0.2, -0.15) is 13.2 Å². The van der Waals surface area contributed by atoms with Crippen LogP contribution in [0.2, 0.25) is 0 Å². The number of benzene rings is 1. The van der Waals surface area contributed by atoms with Crippen molar-refractivity contribution in [1.29, 1.82) is 0 Å². The van der Waals surface area contributed by atoms with Gasteiger partial charge in [0.25, 0.3) is 0 Å². The smallest absolute Gasteiger partial charge is 0.370 e. The zero-order chi connectivity index (χ0) is 18.2. The highest BCUT2D eigenvalue weighted by molar-refractivity contribution is 7.89. The molecule has 0 aromatic heterocycles. The molecule has 1 aromatic rings. The Balaban J connectivity index is 2.30. The molecule has 0 saturated carbocycles. The van der Waals surface area contributed by atoms with Crippen molar-refractivity contribution in [3.8, 4) is 0 Å². The van der Waals surface area contributed by atoms with Gasteiger partial charge in [0.1, 0.15) is 6.61 Å². The maximum absolute atomic E-state index is 11.8. The lowest BCUT2D eigenvalue weighted by Gasteiger charge is -2.09. The van der Waals surface area contributed by atoms with Crippen molar-refractivity contribution >= 4 is 15.9 Å². The molecular formula is C14H19F3N2O4S. The van der Waals surface area contributed by atoms with Crippen LogP contribution in [0.3, 0.4) is 0 Å². The van der Waals surface area contributed by atoms with Gasteiger partial charge in [-0.1, -0.05) is 12.1 Å². The molecule has 0 aliphatic rings. The fourth-order valence-electron chi connectivity index (χ4n) is 1.75. The lowest BCUT2D eigenvalue weighted by Crippen LogP contribution is -2.29. The Kier molecular flexibility index (Phi) is 7.64. The summed E-state index contributed by atoms with van der Waals surface area (Å²) >= 11 is 0. The summed E-state index contributed by atoms with van der Waals surface area (Å²) in [5, 5.41) is 2.45. The summed E-state index contributed by atoms with van der Waals surface area (Å²) in [6.45, 7) is -1.57. The van der Waals surface area contributed by atoms with Gasteiger partial charge in [0.05, 0.1) is 11.5 Å². The summed E-state index contributed by atoms with van der Waals surface area (Å²) in [7, 11) is -2.19. The predicted octanol–water partition coefficient (Wildman–Crippen LogP) is 1.22. The molecule has 0 saturated heterocycles. The molecule has 0 bridgehead atoms. The van der Waals surface area contributed by atoms with E-state index < -0.39 is 22.8 Å². The molecule has 0 atom stereocenters. The number of carbonyl (C=O) groups is 1. The highest BCUT2D eigenvalue weighted by Gasteiger charge is 2.27. The Bertz CT molecular complexity index is 630. The van der Waals surface area contributed by atoms with Crippen molar-refractivity contribution in [2.75, 3.05) is 26.8 Å². The second kappa shape index (κ2) is 9.00. The molecule has 6 nitrogen and oxygen atoms in total. The van der Waals surface area contributed by atoms with Gasteiger partial charge in [-0.05, 0) is 31.2 Å². The second-order valence-electron chi connectivity index (χ2n) is 4.87. The number of halogens is 3. The molecule has 24 heavy (non-hydrogen) atoms. The summed E-state index contributed by atoms with van der Waals surface area (Å²) in [6, 6.07) is 6.07. The van der Waals surface area contributed by atoms with E-state index in [1.165, 1.54) is 19.2 Å². The highest BCUT2D eigenvalue weighted by atomic mass is 32.2. The Morgan fingerprint density at radius 3 is 2.38 bits per heavy atom. The van der Waals surface area contributed by atoms with Crippen LogP contribution in [-0.2, 0) is 26.0 Å². The van der Waals surface area contributed by atoms with E-state index in [1.54, 1.807) is 12.1 Å². The third-order valence-corrected chi connectivity index (χ3v) is 4.41. The van der Waals surface area contributed by atoms with E-state index in [9.17, 15) is 26.4 Å². The first kappa shape index (κ1) is 20.4. The van der Waals surface area contributed by atoms with Crippen molar-refractivity contribution in [2.45, 2.75) is 23.9 Å². The zero-order valence-corrected chi connectivity index (χ0v) is 13.8. The van der Waals surface area contributed by atoms with Gasteiger partial charge in [-0.25, -0.2) is 13.1 Å². The van der Waals surface area contributed by atoms with Crippen LogP contribution in [0.15, 0.2) is 29.2 Å². The van der Waals surface area contributed by atoms with Crippen molar-refractivity contribution in [3.05, 3.63) is 29.8 Å². The molecule has 1 amide bonds. The summed E-state index contributed by atoms with van der Waals surface area (Å²) < 4.78 is 65.1. The third-order valence-electron chi connectivity index (χ3n) is 2.98. The quantitative estimate of drug-likeness (QED) is 0.642. The van der Waals surface area contributed by atoms with E-state index in [0.717, 1.165) is 5.56 Å². The van der Waals surface area contributed by atoms with Gasteiger partial charge >= 0.3 is 6.18 Å². The molecule has 10 heteroatoms. The van der Waals surface area contributed by atoms with Crippen LogP contribution in [0.4, 0.5) is 13.2 Å². The Hall–Kier alpha value is -1.65. The van der Waals surface area contributed by atoms with Crippen molar-refractivity contribution in [1.82, 2.24) is 10.0 Å². The minimum absolute atomic E-state index is 0.00569. The molecule has 0 heterocycles. The molecule has 2 N–H and O–H groups in total. The number of amides is 1. The van der Waals surface area contributed by atoms with Gasteiger partial charge in [-0.15, -0.1) is 0 Å². The number of hydrogen-bond acceptors (Lipinski definition) is 4. The third kappa shape index (κ3) is 7.75. The minimum Gasteiger partial charge on any atom is -0.370 e. The minimum atomic E-state index is -4.38. The van der Waals surface area contributed by atoms with Gasteiger partial charge in [0.2, 0.25) is 15.9 Å². The van der Waals surface area contributed by atoms with Crippen LogP contribution in [0.5, 0.6) is 0 Å². The fourth-order valence-corrected chi connectivity index (χ4v) is 2.48. The van der Waals surface area contributed by atoms with Crippen molar-refractivity contribution in [3.63, 3.8) is 0 Å². The van der Waals surface area contributed by atoms with Crippen molar-refractivity contribution in [2.24, 2.45) is 0 Å². The molecule has 0 spiro atoms. The van der Waals surface area contributed by atoms with Crippen molar-refractivity contribution < 1.29 is 31.1 Å². The normalized spacial score (nSPS) is 12.2. The van der Waals surface area contributed by atoms with Crippen LogP contribution in [-0.4, -0.2) is 47.3 Å². The highest BCUT2D eigenvalue weighted by Crippen LogP contribution is 2.14. The van der Waals surface area contributed by atoms with E-state index in [2.05, 4.69) is 14.8 Å². The van der Waals surface area contributed by atoms with Crippen LogP contribution in [0, 0.1) is 0 Å². The number of rotatable bonds is 9. The second-order valence-corrected chi connectivity index (χ2v) is 6.76. The molecule has 0 aliphatic heterocycles. The molecule has 0 radical (unpaired) electrons. The predicted molar refractivity (Wildman–Crippen MR) is 80.9 cm³/mol. The molecule has 0 fully saturated rings. The van der Waals surface area contributed by atoms with E-state index in [0.29, 0.717) is 6.42 Å². The maximum Gasteiger partial charge on any atom is 0.411 e. The molecule has 0 unspecified atom stereocenters. The fraction of sp³-hybridized carbons (Fsp3) is 0.500. The largest absolute Gasteiger partial charge is 0.411 e. The number of aryl methyl sites for hydroxylation is 1. The Morgan fingerprint density at radius 1 is 1.21 bits per heavy atom. The molecule has 1 aromatic carbocycles. The standard InChI is InChI=1S/C14H19F3N2O4S/c1-18-24(21,22)12-5-2-11(3-6-12)4-7-13(20)19-8-9-23-10-14(15,16)17/h2-3,5-6,18H,4,7-10H2,1H3,(H,19,20). The SMILES string of the molecule is CNS(=O)(=O)c1ccc(CCC(=O)NCCOCC(F)(F)F)cc1. The van der Waals surface area contributed by atoms with E-state index in [4.69, 9.17) is 0 Å². The number of nitrogens with one attached hydrogen (secondary N) is 2. The summed E-state index contributed by atoms with van der Waals surface area (Å²) in [4.78, 5) is 11.7. The molecule has 136 valence electrons. The van der Waals surface area contributed by atoms with E-state index >= 15 is 0 Å². The Labute approximate surface area is 138 Å². The summed E-state index contributed by atoms with van der Waals surface area (Å²) in [5.74, 6) is -0.322. The van der Waals surface area contributed by atoms with Crippen LogP contribution in [0.1, 0.15) is 12.0 Å². The topological polar surface area (TPSA) is 84.5 Å². The molecule has 1 rings (SSSR count). The lowest BCUT2D eigenvalue weighted by molar-refractivity contribution is -0.173. The molecule has 0 aliphatic carbocycles. The first-order valence-electron chi connectivity index (χ1n) is 7.08. The monoisotopic (exact) mass is 368 g/mol. The maximum atomic E-state index is 11.8. The van der Waals surface area contributed by atoms with E-state index in [-0.39, 0.29) is 30.4 Å². The number of hydrogen-bond donors (Lipinski definition) is 2. The average Bonchev–Trinajstić information content (AvgIpc) is 2.52. The zero-order valence-electron chi connectivity index (χ0n) is 13.0. The first-order valence-corrected chi connectivity index (χ1v) is 8.56. The Morgan fingerprint density at radius 2 is 1.83 bits per heavy atom. The van der Waals surface area contributed by atoms with E-state index in [1.807, 2.05) is 0 Å². The average molecular weight is 368 g/mol. The van der Waals surface area contributed by atoms with Gasteiger partial charge < -0.3 is 10.1 Å². The van der Waals surface area contributed by atoms with Crippen LogP contribution >= 0.6 is 0 Å². The first-order chi connectivity index (χ1) is 11.1. The molecular weight excluding hydrogens is 349 g/mol. The number of alkyl halides is 3. The van der Waals surface area contributed by atoms with Gasteiger partial charge in [0, 0.05) is 13.0 Å². The number of sulfonamides is 1. The summed E-state index contributed by atoms with van der Waals surface area (Å²) in [6.07, 6.45) is -3.86. The van der Waals surface area contributed by atoms with Gasteiger partial charge in [-0.3, -0.25) is 4.79 Å². The van der Waals surface area contributed by atoms with Crippen LogP contribution < -0.4 is 10.0 Å². The number of carbonyl (C=O) groups excluding carboxylic acids is 1. The summed E-state index contributed by atoms with van der Waals surface area (Å²) in [5.41, 5.74) is 0.772. The van der Waals surface area contributed by atoms with Gasteiger partial charge in [0.15, 0.2) is 0 Å². The van der Waals surface area contributed by atoms with Crippen LogP contribution in [0.25, 0.3) is 0 Å².